The molecule has 2 saturated heterocycles. The molecule has 0 atom stereocenters. The molecule has 2 amide bonds. The van der Waals surface area contributed by atoms with Crippen LogP contribution in [-0.4, -0.2) is 59.4 Å². The maximum Gasteiger partial charge on any atom is 0.285 e. The highest BCUT2D eigenvalue weighted by Gasteiger charge is 2.33. The quantitative estimate of drug-likeness (QED) is 0.310. The number of benzene rings is 1. The van der Waals surface area contributed by atoms with Crippen molar-refractivity contribution in [2.75, 3.05) is 33.4 Å². The number of nitrogens with one attached hydrogen (secondary N) is 1. The van der Waals surface area contributed by atoms with Gasteiger partial charge in [0.1, 0.15) is 0 Å². The lowest BCUT2D eigenvalue weighted by molar-refractivity contribution is -0.133. The Bertz CT molecular complexity index is 869. The molecule has 32 heavy (non-hydrogen) atoms. The molecule has 174 valence electrons. The molecule has 3 rings (SSSR count). The first-order valence-corrected chi connectivity index (χ1v) is 12.3. The van der Waals surface area contributed by atoms with Gasteiger partial charge >= 0.3 is 0 Å². The van der Waals surface area contributed by atoms with E-state index in [4.69, 9.17) is 21.7 Å². The zero-order valence-electron chi connectivity index (χ0n) is 18.7. The summed E-state index contributed by atoms with van der Waals surface area (Å²) in [4.78, 5) is 27.9. The Hall–Kier alpha value is -2.10. The fraction of sp³-hybridized carbons (Fsp3) is 0.522. The number of rotatable bonds is 10. The monoisotopic (exact) mass is 477 g/mol. The molecule has 1 aromatic rings. The number of likely N-dealkylation sites (tertiary alicyclic amines) is 1. The normalized spacial score (nSPS) is 18.3. The molecule has 1 N–H and O–H groups in total. The van der Waals surface area contributed by atoms with Crippen molar-refractivity contribution < 1.29 is 19.1 Å². The third kappa shape index (κ3) is 6.70. The maximum absolute atomic E-state index is 12.8. The number of nitrogens with zero attached hydrogens (tertiary/aromatic N) is 2. The van der Waals surface area contributed by atoms with Crippen molar-refractivity contribution in [2.24, 2.45) is 0 Å². The van der Waals surface area contributed by atoms with E-state index in [1.807, 2.05) is 18.2 Å². The molecule has 1 aromatic carbocycles. The minimum Gasteiger partial charge on any atom is -0.493 e. The zero-order chi connectivity index (χ0) is 22.9. The van der Waals surface area contributed by atoms with E-state index in [-0.39, 0.29) is 11.8 Å². The van der Waals surface area contributed by atoms with Crippen molar-refractivity contribution in [1.29, 1.82) is 0 Å². The van der Waals surface area contributed by atoms with Crippen LogP contribution in [0.4, 0.5) is 0 Å². The van der Waals surface area contributed by atoms with Gasteiger partial charge in [-0.2, -0.15) is 5.01 Å². The summed E-state index contributed by atoms with van der Waals surface area (Å²) >= 11 is 6.50. The first kappa shape index (κ1) is 24.5. The third-order valence-electron chi connectivity index (χ3n) is 5.37. The maximum atomic E-state index is 12.8. The first-order chi connectivity index (χ1) is 15.5. The molecule has 0 spiro atoms. The van der Waals surface area contributed by atoms with Crippen LogP contribution in [0.25, 0.3) is 6.08 Å². The summed E-state index contributed by atoms with van der Waals surface area (Å²) < 4.78 is 11.5. The first-order valence-electron chi connectivity index (χ1n) is 11.1. The van der Waals surface area contributed by atoms with E-state index in [1.165, 1.54) is 36.0 Å². The van der Waals surface area contributed by atoms with Gasteiger partial charge in [0.2, 0.25) is 5.91 Å². The Labute approximate surface area is 199 Å². The third-order valence-corrected chi connectivity index (χ3v) is 6.68. The average molecular weight is 478 g/mol. The molecule has 9 heteroatoms. The lowest BCUT2D eigenvalue weighted by Gasteiger charge is -2.26. The molecule has 2 fully saturated rings. The second kappa shape index (κ2) is 12.2. The van der Waals surface area contributed by atoms with Crippen LogP contribution in [0.15, 0.2) is 23.1 Å². The number of hydrogen-bond donors (Lipinski definition) is 1. The van der Waals surface area contributed by atoms with Crippen LogP contribution >= 0.6 is 24.0 Å². The summed E-state index contributed by atoms with van der Waals surface area (Å²) in [5.74, 6) is 0.750. The zero-order valence-corrected chi connectivity index (χ0v) is 20.4. The van der Waals surface area contributed by atoms with Gasteiger partial charge in [-0.15, -0.1) is 0 Å². The lowest BCUT2D eigenvalue weighted by Crippen LogP contribution is -2.46. The van der Waals surface area contributed by atoms with E-state index in [0.29, 0.717) is 40.3 Å². The Morgan fingerprint density at radius 2 is 2.03 bits per heavy atom. The Balaban J connectivity index is 1.60. The Morgan fingerprint density at radius 3 is 2.75 bits per heavy atom. The lowest BCUT2D eigenvalue weighted by atomic mass is 10.1. The van der Waals surface area contributed by atoms with Crippen molar-refractivity contribution in [2.45, 2.75) is 45.4 Å². The second-order valence-electron chi connectivity index (χ2n) is 7.82. The number of piperidine rings is 1. The molecule has 0 aliphatic carbocycles. The minimum absolute atomic E-state index is 0.205. The largest absolute Gasteiger partial charge is 0.493 e. The number of methoxy groups -OCH3 is 1. The molecule has 0 saturated carbocycles. The molecule has 0 bridgehead atoms. The van der Waals surface area contributed by atoms with Crippen LogP contribution in [0, 0.1) is 0 Å². The van der Waals surface area contributed by atoms with Crippen molar-refractivity contribution in [1.82, 2.24) is 15.3 Å². The summed E-state index contributed by atoms with van der Waals surface area (Å²) in [6.45, 7) is 5.49. The van der Waals surface area contributed by atoms with Crippen molar-refractivity contribution in [3.05, 3.63) is 28.7 Å². The van der Waals surface area contributed by atoms with Gasteiger partial charge in [0, 0.05) is 13.0 Å². The molecular formula is C23H31N3O4S2. The molecule has 0 unspecified atom stereocenters. The fourth-order valence-electron chi connectivity index (χ4n) is 3.56. The van der Waals surface area contributed by atoms with Crippen LogP contribution in [0.2, 0.25) is 0 Å². The number of hydrazine groups is 1. The van der Waals surface area contributed by atoms with E-state index in [9.17, 15) is 9.59 Å². The van der Waals surface area contributed by atoms with Gasteiger partial charge in [-0.25, -0.2) is 0 Å². The molecule has 2 aliphatic heterocycles. The summed E-state index contributed by atoms with van der Waals surface area (Å²) in [6.07, 6.45) is 7.72. The number of thiocarbonyl (C=S) groups is 1. The van der Waals surface area contributed by atoms with E-state index >= 15 is 0 Å². The van der Waals surface area contributed by atoms with E-state index in [0.717, 1.165) is 31.5 Å². The molecular weight excluding hydrogens is 446 g/mol. The van der Waals surface area contributed by atoms with Crippen LogP contribution in [0.5, 0.6) is 11.5 Å². The van der Waals surface area contributed by atoms with E-state index in [1.54, 1.807) is 13.2 Å². The van der Waals surface area contributed by atoms with Crippen molar-refractivity contribution in [3.63, 3.8) is 0 Å². The number of unbranched alkanes of at least 4 members (excludes halogenated alkanes) is 1. The number of carbonyl (C=O) groups is 2. The van der Waals surface area contributed by atoms with E-state index in [2.05, 4.69) is 17.2 Å². The summed E-state index contributed by atoms with van der Waals surface area (Å²) in [6, 6.07) is 5.53. The fourth-order valence-corrected chi connectivity index (χ4v) is 4.74. The standard InChI is InChI=1S/C23H31N3O4S2/c1-3-4-14-30-18-9-8-17(15-19(18)29-2)16-20-22(28)26(23(31)32-20)24-21(27)10-13-25-11-6-5-7-12-25/h8-9,15-16H,3-7,10-14H2,1-2H3,(H,24,27)/b20-16-. The Morgan fingerprint density at radius 1 is 1.25 bits per heavy atom. The number of amides is 2. The van der Waals surface area contributed by atoms with Crippen LogP contribution in [-0.2, 0) is 9.59 Å². The number of thioether (sulfide) groups is 1. The minimum atomic E-state index is -0.325. The number of carbonyl (C=O) groups excluding carboxylic acids is 2. The van der Waals surface area contributed by atoms with Crippen molar-refractivity contribution in [3.8, 4) is 11.5 Å². The van der Waals surface area contributed by atoms with Gasteiger partial charge in [0.25, 0.3) is 5.91 Å². The molecule has 0 aromatic heterocycles. The SMILES string of the molecule is CCCCOc1ccc(/C=C2\SC(=S)N(NC(=O)CCN3CCCCC3)C2=O)cc1OC. The van der Waals surface area contributed by atoms with Crippen LogP contribution in [0.1, 0.15) is 51.0 Å². The van der Waals surface area contributed by atoms with Crippen LogP contribution in [0.3, 0.4) is 0 Å². The molecule has 2 aliphatic rings. The van der Waals surface area contributed by atoms with Gasteiger partial charge in [-0.3, -0.25) is 15.0 Å². The smallest absolute Gasteiger partial charge is 0.285 e. The summed E-state index contributed by atoms with van der Waals surface area (Å²) in [5, 5.41) is 1.17. The number of ether oxygens (including phenoxy) is 2. The predicted molar refractivity (Wildman–Crippen MR) is 131 cm³/mol. The predicted octanol–water partition coefficient (Wildman–Crippen LogP) is 3.98. The summed E-state index contributed by atoms with van der Waals surface area (Å²) in [5.41, 5.74) is 3.46. The van der Waals surface area contributed by atoms with Crippen LogP contribution < -0.4 is 14.9 Å². The molecule has 0 radical (unpaired) electrons. The highest BCUT2D eigenvalue weighted by molar-refractivity contribution is 8.26. The van der Waals surface area contributed by atoms with Gasteiger partial charge in [-0.1, -0.05) is 37.6 Å². The number of hydrogen-bond acceptors (Lipinski definition) is 7. The highest BCUT2D eigenvalue weighted by atomic mass is 32.2. The summed E-state index contributed by atoms with van der Waals surface area (Å²) in [7, 11) is 1.59. The van der Waals surface area contributed by atoms with Crippen molar-refractivity contribution >= 4 is 46.2 Å². The second-order valence-corrected chi connectivity index (χ2v) is 9.49. The highest BCUT2D eigenvalue weighted by Crippen LogP contribution is 2.34. The van der Waals surface area contributed by atoms with Gasteiger partial charge in [-0.05, 0) is 68.3 Å². The Kier molecular flexibility index (Phi) is 9.37. The molecule has 7 nitrogen and oxygen atoms in total. The van der Waals surface area contributed by atoms with Gasteiger partial charge in [0.15, 0.2) is 15.8 Å². The van der Waals surface area contributed by atoms with Gasteiger partial charge in [0.05, 0.1) is 18.6 Å². The average Bonchev–Trinajstić information content (AvgIpc) is 3.06. The molecule has 2 heterocycles. The topological polar surface area (TPSA) is 71.1 Å². The van der Waals surface area contributed by atoms with Gasteiger partial charge < -0.3 is 14.4 Å². The van der Waals surface area contributed by atoms with E-state index < -0.39 is 0 Å².